The van der Waals surface area contributed by atoms with E-state index in [-0.39, 0.29) is 0 Å². The average molecular weight is 223 g/mol. The fourth-order valence-electron chi connectivity index (χ4n) is 0.741. The van der Waals surface area contributed by atoms with Crippen molar-refractivity contribution in [3.63, 3.8) is 0 Å². The molecule has 6 N–H and O–H groups in total. The van der Waals surface area contributed by atoms with Crippen molar-refractivity contribution < 1.29 is 35.1 Å². The molecule has 8 nitrogen and oxygen atoms in total. The molecule has 15 heavy (non-hydrogen) atoms. The second-order valence-corrected chi connectivity index (χ2v) is 2.80. The molecule has 0 aliphatic carbocycles. The number of aliphatic hydroxyl groups is 4. The summed E-state index contributed by atoms with van der Waals surface area (Å²) in [6, 6.07) is 0. The highest BCUT2D eigenvalue weighted by Crippen LogP contribution is 1.99. The predicted octanol–water partition coefficient (Wildman–Crippen LogP) is -3.74. The summed E-state index contributed by atoms with van der Waals surface area (Å²) in [6.45, 7) is -1.54. The van der Waals surface area contributed by atoms with E-state index in [1.165, 1.54) is 0 Å². The van der Waals surface area contributed by atoms with Gasteiger partial charge in [0.05, 0.1) is 6.61 Å². The minimum Gasteiger partial charge on any atom is -0.480 e. The van der Waals surface area contributed by atoms with Crippen molar-refractivity contribution in [3.05, 3.63) is 0 Å². The molecule has 0 bridgehead atoms. The third kappa shape index (κ3) is 4.70. The number of carboxylic acids is 1. The van der Waals surface area contributed by atoms with Gasteiger partial charge in [-0.1, -0.05) is 0 Å². The van der Waals surface area contributed by atoms with Crippen LogP contribution in [-0.4, -0.2) is 68.9 Å². The third-order valence-corrected chi connectivity index (χ3v) is 1.59. The Bertz CT molecular complexity index is 231. The number of aliphatic hydroxyl groups excluding tert-OH is 4. The Labute approximate surface area is 84.8 Å². The first kappa shape index (κ1) is 13.8. The van der Waals surface area contributed by atoms with Crippen molar-refractivity contribution in [1.82, 2.24) is 5.32 Å². The maximum Gasteiger partial charge on any atom is 0.322 e. The zero-order valence-corrected chi connectivity index (χ0v) is 7.70. The molecule has 0 saturated carbocycles. The van der Waals surface area contributed by atoms with Gasteiger partial charge in [0.2, 0.25) is 0 Å². The van der Waals surface area contributed by atoms with Crippen molar-refractivity contribution in [2.24, 2.45) is 0 Å². The first-order valence-electron chi connectivity index (χ1n) is 4.04. The Balaban J connectivity index is 4.13. The Hall–Kier alpha value is -1.22. The van der Waals surface area contributed by atoms with Crippen LogP contribution in [0.5, 0.6) is 0 Å². The molecule has 0 unspecified atom stereocenters. The van der Waals surface area contributed by atoms with E-state index in [2.05, 4.69) is 0 Å². The standard InChI is InChI=1S/C7H13NO7/c9-2-3(10)5(13)6(14)7(15)8-1-4(11)12/h3,5-6,9-10,13-14H,1-2H2,(H,8,15)(H,11,12)/t3-,5-,6+/m1/s1. The van der Waals surface area contributed by atoms with Gasteiger partial charge in [0.25, 0.3) is 5.91 Å². The summed E-state index contributed by atoms with van der Waals surface area (Å²) < 4.78 is 0. The van der Waals surface area contributed by atoms with Crippen LogP contribution in [-0.2, 0) is 9.59 Å². The molecule has 0 aromatic rings. The van der Waals surface area contributed by atoms with E-state index in [4.69, 9.17) is 25.5 Å². The molecule has 0 saturated heterocycles. The van der Waals surface area contributed by atoms with Gasteiger partial charge < -0.3 is 30.8 Å². The molecule has 0 aromatic heterocycles. The van der Waals surface area contributed by atoms with Crippen LogP contribution in [0.1, 0.15) is 0 Å². The molecule has 0 aromatic carbocycles. The lowest BCUT2D eigenvalue weighted by atomic mass is 10.1. The monoisotopic (exact) mass is 223 g/mol. The number of hydrogen-bond acceptors (Lipinski definition) is 6. The van der Waals surface area contributed by atoms with E-state index in [1.54, 1.807) is 5.32 Å². The molecule has 0 heterocycles. The van der Waals surface area contributed by atoms with Crippen LogP contribution in [0.2, 0.25) is 0 Å². The number of carbonyl (C=O) groups is 2. The summed E-state index contributed by atoms with van der Waals surface area (Å²) in [5, 5.41) is 45.4. The van der Waals surface area contributed by atoms with E-state index in [1.807, 2.05) is 0 Å². The second-order valence-electron chi connectivity index (χ2n) is 2.80. The average Bonchev–Trinajstić information content (AvgIpc) is 2.22. The number of carboxylic acid groups (broad SMARTS) is 1. The Morgan fingerprint density at radius 3 is 2.13 bits per heavy atom. The maximum absolute atomic E-state index is 10.9. The highest BCUT2D eigenvalue weighted by molar-refractivity contribution is 5.84. The van der Waals surface area contributed by atoms with Gasteiger partial charge in [-0.3, -0.25) is 9.59 Å². The van der Waals surface area contributed by atoms with Crippen LogP contribution < -0.4 is 5.32 Å². The van der Waals surface area contributed by atoms with Crippen LogP contribution in [0, 0.1) is 0 Å². The summed E-state index contributed by atoms with van der Waals surface area (Å²) in [7, 11) is 0. The number of aliphatic carboxylic acids is 1. The largest absolute Gasteiger partial charge is 0.480 e. The summed E-state index contributed by atoms with van der Waals surface area (Å²) in [6.07, 6.45) is -5.54. The van der Waals surface area contributed by atoms with Crippen molar-refractivity contribution in [2.45, 2.75) is 18.3 Å². The number of nitrogens with one attached hydrogen (secondary N) is 1. The number of rotatable bonds is 6. The Morgan fingerprint density at radius 1 is 1.20 bits per heavy atom. The molecular weight excluding hydrogens is 210 g/mol. The fraction of sp³-hybridized carbons (Fsp3) is 0.714. The molecule has 0 spiro atoms. The topological polar surface area (TPSA) is 147 Å². The van der Waals surface area contributed by atoms with Crippen molar-refractivity contribution in [1.29, 1.82) is 0 Å². The lowest BCUT2D eigenvalue weighted by Crippen LogP contribution is -2.49. The quantitative estimate of drug-likeness (QED) is 0.271. The molecular formula is C7H13NO7. The molecule has 0 fully saturated rings. The van der Waals surface area contributed by atoms with Gasteiger partial charge in [-0.15, -0.1) is 0 Å². The van der Waals surface area contributed by atoms with Gasteiger partial charge in [-0.05, 0) is 0 Å². The van der Waals surface area contributed by atoms with E-state index < -0.39 is 43.3 Å². The lowest BCUT2D eigenvalue weighted by Gasteiger charge is -2.20. The van der Waals surface area contributed by atoms with E-state index in [0.29, 0.717) is 0 Å². The minimum absolute atomic E-state index is 0.710. The van der Waals surface area contributed by atoms with E-state index in [0.717, 1.165) is 0 Å². The molecule has 88 valence electrons. The number of hydrogen-bond donors (Lipinski definition) is 6. The van der Waals surface area contributed by atoms with Gasteiger partial charge in [-0.2, -0.15) is 0 Å². The van der Waals surface area contributed by atoms with E-state index in [9.17, 15) is 9.59 Å². The first-order valence-corrected chi connectivity index (χ1v) is 4.04. The Kier molecular flexibility index (Phi) is 5.79. The molecule has 0 aliphatic rings. The molecule has 0 rings (SSSR count). The Morgan fingerprint density at radius 2 is 1.73 bits per heavy atom. The molecule has 1 amide bonds. The fourth-order valence-corrected chi connectivity index (χ4v) is 0.741. The van der Waals surface area contributed by atoms with Crippen molar-refractivity contribution >= 4 is 11.9 Å². The second kappa shape index (κ2) is 6.30. The lowest BCUT2D eigenvalue weighted by molar-refractivity contribution is -0.145. The summed E-state index contributed by atoms with van der Waals surface area (Å²) >= 11 is 0. The van der Waals surface area contributed by atoms with Gasteiger partial charge in [-0.25, -0.2) is 0 Å². The third-order valence-electron chi connectivity index (χ3n) is 1.59. The molecule has 8 heteroatoms. The summed E-state index contributed by atoms with van der Waals surface area (Å²) in [5.74, 6) is -2.45. The number of amides is 1. The molecule has 3 atom stereocenters. The zero-order valence-electron chi connectivity index (χ0n) is 7.70. The van der Waals surface area contributed by atoms with Gasteiger partial charge >= 0.3 is 5.97 Å². The SMILES string of the molecule is O=C(O)CNC(=O)[C@@H](O)[C@H](O)[C@H](O)CO. The van der Waals surface area contributed by atoms with Crippen molar-refractivity contribution in [3.8, 4) is 0 Å². The van der Waals surface area contributed by atoms with Crippen molar-refractivity contribution in [2.75, 3.05) is 13.2 Å². The van der Waals surface area contributed by atoms with Crippen LogP contribution in [0.3, 0.4) is 0 Å². The molecule has 0 aliphatic heterocycles. The predicted molar refractivity (Wildman–Crippen MR) is 45.8 cm³/mol. The van der Waals surface area contributed by atoms with Gasteiger partial charge in [0, 0.05) is 0 Å². The van der Waals surface area contributed by atoms with Crippen LogP contribution in [0.15, 0.2) is 0 Å². The highest BCUT2D eigenvalue weighted by atomic mass is 16.4. The van der Waals surface area contributed by atoms with Crippen LogP contribution >= 0.6 is 0 Å². The normalized spacial score (nSPS) is 16.5. The van der Waals surface area contributed by atoms with E-state index >= 15 is 0 Å². The number of carbonyl (C=O) groups excluding carboxylic acids is 1. The maximum atomic E-state index is 10.9. The van der Waals surface area contributed by atoms with Gasteiger partial charge in [0.1, 0.15) is 18.8 Å². The zero-order chi connectivity index (χ0) is 12.0. The minimum atomic E-state index is -1.99. The van der Waals surface area contributed by atoms with Crippen LogP contribution in [0.25, 0.3) is 0 Å². The molecule has 0 radical (unpaired) electrons. The summed E-state index contributed by atoms with van der Waals surface area (Å²) in [5.41, 5.74) is 0. The van der Waals surface area contributed by atoms with Gasteiger partial charge in [0.15, 0.2) is 6.10 Å². The summed E-state index contributed by atoms with van der Waals surface area (Å²) in [4.78, 5) is 21.0. The van der Waals surface area contributed by atoms with Crippen LogP contribution in [0.4, 0.5) is 0 Å². The highest BCUT2D eigenvalue weighted by Gasteiger charge is 2.29. The smallest absolute Gasteiger partial charge is 0.322 e. The first-order chi connectivity index (χ1) is 6.90.